The number of halogens is 4. The molecule has 2 rings (SSSR count). The second kappa shape index (κ2) is 11.4. The van der Waals surface area contributed by atoms with Gasteiger partial charge in [0.15, 0.2) is 6.29 Å². The molecule has 1 fully saturated rings. The van der Waals surface area contributed by atoms with E-state index in [4.69, 9.17) is 14.2 Å². The lowest BCUT2D eigenvalue weighted by atomic mass is 9.95. The largest absolute Gasteiger partial charge is 0.371 e. The molecule has 0 amide bonds. The Bertz CT molecular complexity index is 555. The number of hydrogen-bond acceptors (Lipinski definition) is 3. The van der Waals surface area contributed by atoms with Crippen molar-refractivity contribution in [3.05, 3.63) is 16.8 Å². The van der Waals surface area contributed by atoms with Gasteiger partial charge in [-0.1, -0.05) is 48.4 Å². The van der Waals surface area contributed by atoms with Gasteiger partial charge in [-0.25, -0.2) is 0 Å². The molecule has 0 aromatic carbocycles. The van der Waals surface area contributed by atoms with Crippen molar-refractivity contribution in [3.8, 4) is 0 Å². The minimum atomic E-state index is -0.234. The van der Waals surface area contributed by atoms with Gasteiger partial charge >= 0.3 is 0 Å². The topological polar surface area (TPSA) is 27.7 Å². The summed E-state index contributed by atoms with van der Waals surface area (Å²) in [6, 6.07) is 0. The molecule has 144 valence electrons. The molecule has 1 saturated heterocycles. The average Bonchev–Trinajstić information content (AvgIpc) is 2.51. The lowest BCUT2D eigenvalue weighted by Gasteiger charge is -2.38. The van der Waals surface area contributed by atoms with Crippen LogP contribution in [-0.2, 0) is 14.2 Å². The molecule has 3 atom stereocenters. The first-order valence-corrected chi connectivity index (χ1v) is 14.0. The molecule has 2 aliphatic rings. The molecule has 3 unspecified atom stereocenters. The van der Waals surface area contributed by atoms with Crippen LogP contribution in [-0.4, -0.2) is 33.2 Å². The van der Waals surface area contributed by atoms with E-state index in [0.717, 1.165) is 12.8 Å². The number of hydrogen-bond donors (Lipinski definition) is 0. The average molecular weight is 798 g/mol. The lowest BCUT2D eigenvalue weighted by Crippen LogP contribution is -2.43. The van der Waals surface area contributed by atoms with Crippen molar-refractivity contribution >= 4 is 90.0 Å². The summed E-state index contributed by atoms with van der Waals surface area (Å²) in [5, 5.41) is 0. The Kier molecular flexibility index (Phi) is 10.7. The molecular formula is C18H26I4O3. The fourth-order valence-electron chi connectivity index (χ4n) is 2.80. The van der Waals surface area contributed by atoms with Crippen LogP contribution in [0.2, 0.25) is 0 Å². The van der Waals surface area contributed by atoms with Crippen LogP contribution in [0.3, 0.4) is 0 Å². The summed E-state index contributed by atoms with van der Waals surface area (Å²) in [5.74, 6) is 1.15. The zero-order chi connectivity index (χ0) is 18.6. The number of ether oxygens (including phenoxy) is 3. The fraction of sp³-hybridized carbons (Fsp3) is 0.722. The first-order chi connectivity index (χ1) is 11.8. The van der Waals surface area contributed by atoms with Gasteiger partial charge in [-0.15, -0.1) is 0 Å². The summed E-state index contributed by atoms with van der Waals surface area (Å²) in [4.78, 5) is 0. The maximum Gasteiger partial charge on any atom is 0.181 e. The zero-order valence-electron chi connectivity index (χ0n) is 15.0. The molecule has 0 aliphatic carbocycles. The van der Waals surface area contributed by atoms with Crippen LogP contribution in [0.1, 0.15) is 40.5 Å². The van der Waals surface area contributed by atoms with E-state index in [2.05, 4.69) is 102 Å². The minimum absolute atomic E-state index is 0.0656. The van der Waals surface area contributed by atoms with Crippen LogP contribution in [0, 0.1) is 11.8 Å². The Morgan fingerprint density at radius 1 is 1.20 bits per heavy atom. The van der Waals surface area contributed by atoms with E-state index in [9.17, 15) is 0 Å². The molecule has 3 nitrogen and oxygen atoms in total. The quantitative estimate of drug-likeness (QED) is 0.268. The van der Waals surface area contributed by atoms with Gasteiger partial charge in [-0.05, 0) is 92.1 Å². The highest BCUT2D eigenvalue weighted by Crippen LogP contribution is 2.39. The van der Waals surface area contributed by atoms with Crippen molar-refractivity contribution < 1.29 is 14.2 Å². The van der Waals surface area contributed by atoms with Crippen molar-refractivity contribution in [3.63, 3.8) is 0 Å². The SMILES string of the molecule is CC(C)CC1CC(C(C)C)OC(COCC2=C(I)C(I)=CC(I)=I2)O1. The Labute approximate surface area is 202 Å². The molecule has 0 aromatic heterocycles. The molecule has 0 radical (unpaired) electrons. The molecule has 7 heteroatoms. The smallest absolute Gasteiger partial charge is 0.181 e. The fourth-order valence-corrected chi connectivity index (χ4v) is 10.1. The second-order valence-corrected chi connectivity index (χ2v) is 15.6. The van der Waals surface area contributed by atoms with E-state index in [0.29, 0.717) is 25.0 Å². The third-order valence-electron chi connectivity index (χ3n) is 4.01. The summed E-state index contributed by atoms with van der Waals surface area (Å²) in [6.45, 7) is 10.2. The van der Waals surface area contributed by atoms with Gasteiger partial charge in [0.25, 0.3) is 0 Å². The Morgan fingerprint density at radius 3 is 2.56 bits per heavy atom. The van der Waals surface area contributed by atoms with Crippen molar-refractivity contribution in [1.29, 1.82) is 0 Å². The predicted molar refractivity (Wildman–Crippen MR) is 139 cm³/mol. The molecule has 0 bridgehead atoms. The molecule has 0 N–H and O–H groups in total. The molecule has 0 spiro atoms. The van der Waals surface area contributed by atoms with Crippen LogP contribution in [0.4, 0.5) is 0 Å². The Morgan fingerprint density at radius 2 is 1.92 bits per heavy atom. The maximum atomic E-state index is 6.16. The van der Waals surface area contributed by atoms with Crippen LogP contribution < -0.4 is 0 Å². The highest BCUT2D eigenvalue weighted by molar-refractivity contribution is 14.2. The van der Waals surface area contributed by atoms with Gasteiger partial charge in [0, 0.05) is 18.7 Å². The van der Waals surface area contributed by atoms with Gasteiger partial charge in [-0.3, -0.25) is 0 Å². The van der Waals surface area contributed by atoms with Gasteiger partial charge in [0.2, 0.25) is 0 Å². The van der Waals surface area contributed by atoms with E-state index < -0.39 is 0 Å². The van der Waals surface area contributed by atoms with Crippen LogP contribution in [0.15, 0.2) is 16.8 Å². The van der Waals surface area contributed by atoms with Crippen LogP contribution in [0.25, 0.3) is 0 Å². The van der Waals surface area contributed by atoms with E-state index in [1.54, 1.807) is 0 Å². The van der Waals surface area contributed by atoms with Crippen LogP contribution >= 0.6 is 88.5 Å². The monoisotopic (exact) mass is 798 g/mol. The first kappa shape index (κ1) is 23.4. The number of allylic oxidation sites excluding steroid dienone is 3. The highest BCUT2D eigenvalue weighted by atomic mass is 127. The standard InChI is InChI=1S/C18H26I4O3/c1-10(2)5-12-6-15(11(3)4)25-17(24-12)9-23-8-14-18(21)13(19)7-16(20)22-14/h7,10-12,15,17H,5-6,8-9H2,1-4H3. The van der Waals surface area contributed by atoms with Gasteiger partial charge in [0.1, 0.15) is 0 Å². The second-order valence-electron chi connectivity index (χ2n) is 7.08. The summed E-state index contributed by atoms with van der Waals surface area (Å²) < 4.78 is 24.0. The number of rotatable bonds is 7. The van der Waals surface area contributed by atoms with E-state index in [1.165, 1.54) is 12.3 Å². The zero-order valence-corrected chi connectivity index (χ0v) is 23.7. The molecular weight excluding hydrogens is 772 g/mol. The first-order valence-electron chi connectivity index (χ1n) is 8.58. The van der Waals surface area contributed by atoms with Crippen LogP contribution in [0.5, 0.6) is 0 Å². The normalized spacial score (nSPS) is 28.1. The van der Waals surface area contributed by atoms with E-state index in [-0.39, 0.29) is 39.2 Å². The third-order valence-corrected chi connectivity index (χ3v) is 12.2. The summed E-state index contributed by atoms with van der Waals surface area (Å²) in [7, 11) is 0. The highest BCUT2D eigenvalue weighted by Gasteiger charge is 2.32. The van der Waals surface area contributed by atoms with Crippen molar-refractivity contribution in [2.45, 2.75) is 59.0 Å². The van der Waals surface area contributed by atoms with Gasteiger partial charge in [0.05, 0.1) is 25.4 Å². The van der Waals surface area contributed by atoms with E-state index in [1.807, 2.05) is 0 Å². The van der Waals surface area contributed by atoms with Crippen molar-refractivity contribution in [1.82, 2.24) is 0 Å². The molecule has 2 aliphatic heterocycles. The summed E-state index contributed by atoms with van der Waals surface area (Å²) in [5.41, 5.74) is 0. The summed E-state index contributed by atoms with van der Waals surface area (Å²) in [6.07, 6.45) is 4.70. The Hall–Kier alpha value is 2.15. The van der Waals surface area contributed by atoms with Crippen molar-refractivity contribution in [2.24, 2.45) is 11.8 Å². The molecule has 2 heterocycles. The van der Waals surface area contributed by atoms with Crippen molar-refractivity contribution in [2.75, 3.05) is 13.2 Å². The van der Waals surface area contributed by atoms with Gasteiger partial charge in [-0.2, -0.15) is 0 Å². The Balaban J connectivity index is 1.90. The predicted octanol–water partition coefficient (Wildman–Crippen LogP) is 6.72. The summed E-state index contributed by atoms with van der Waals surface area (Å²) >= 11 is 7.26. The van der Waals surface area contributed by atoms with E-state index >= 15 is 0 Å². The van der Waals surface area contributed by atoms with Gasteiger partial charge < -0.3 is 14.2 Å². The minimum Gasteiger partial charge on any atom is -0.371 e. The molecule has 0 aromatic rings. The molecule has 25 heavy (non-hydrogen) atoms. The molecule has 0 saturated carbocycles. The lowest BCUT2D eigenvalue weighted by molar-refractivity contribution is -0.267. The third kappa shape index (κ3) is 7.82. The maximum absolute atomic E-state index is 6.16.